The Hall–Kier alpha value is -0.120. The van der Waals surface area contributed by atoms with Crippen LogP contribution in [0.3, 0.4) is 0 Å². The highest BCUT2D eigenvalue weighted by molar-refractivity contribution is 4.85. The van der Waals surface area contributed by atoms with Crippen LogP contribution in [-0.2, 0) is 0 Å². The van der Waals surface area contributed by atoms with Crippen molar-refractivity contribution in [1.82, 2.24) is 4.90 Å². The van der Waals surface area contributed by atoms with E-state index in [1.807, 2.05) is 4.90 Å². The van der Waals surface area contributed by atoms with E-state index in [1.165, 1.54) is 0 Å². The Bertz CT molecular complexity index is 140. The first-order valence-electron chi connectivity index (χ1n) is 4.77. The standard InChI is InChI=1S/C9H19NO2/c1-3-8-5-4-7(2)10(8)9(12)6-11/h7-9,11-12H,3-6H2,1-2H3. The van der Waals surface area contributed by atoms with Gasteiger partial charge in [0, 0.05) is 12.1 Å². The van der Waals surface area contributed by atoms with Gasteiger partial charge >= 0.3 is 0 Å². The predicted molar refractivity (Wildman–Crippen MR) is 47.7 cm³/mol. The van der Waals surface area contributed by atoms with Gasteiger partial charge in [-0.05, 0) is 26.2 Å². The Balaban J connectivity index is 2.56. The molecule has 1 aliphatic rings. The zero-order chi connectivity index (χ0) is 9.14. The van der Waals surface area contributed by atoms with Gasteiger partial charge in [0.25, 0.3) is 0 Å². The molecule has 0 aliphatic carbocycles. The molecule has 1 rings (SSSR count). The summed E-state index contributed by atoms with van der Waals surface area (Å²) in [5.74, 6) is 0. The molecule has 0 saturated carbocycles. The van der Waals surface area contributed by atoms with Crippen molar-refractivity contribution in [3.8, 4) is 0 Å². The van der Waals surface area contributed by atoms with Crippen molar-refractivity contribution in [2.24, 2.45) is 0 Å². The molecule has 1 aliphatic heterocycles. The van der Waals surface area contributed by atoms with Gasteiger partial charge in [-0.25, -0.2) is 0 Å². The van der Waals surface area contributed by atoms with Gasteiger partial charge in [-0.3, -0.25) is 4.90 Å². The first-order chi connectivity index (χ1) is 5.70. The largest absolute Gasteiger partial charge is 0.392 e. The first kappa shape index (κ1) is 9.96. The summed E-state index contributed by atoms with van der Waals surface area (Å²) in [4.78, 5) is 2.03. The highest BCUT2D eigenvalue weighted by Crippen LogP contribution is 2.27. The second-order valence-corrected chi connectivity index (χ2v) is 3.60. The number of hydrogen-bond donors (Lipinski definition) is 2. The average Bonchev–Trinajstić information content (AvgIpc) is 2.45. The molecule has 3 atom stereocenters. The fraction of sp³-hybridized carbons (Fsp3) is 1.00. The van der Waals surface area contributed by atoms with Crippen LogP contribution in [0.4, 0.5) is 0 Å². The van der Waals surface area contributed by atoms with Crippen LogP contribution < -0.4 is 0 Å². The van der Waals surface area contributed by atoms with Crippen molar-refractivity contribution in [2.75, 3.05) is 6.61 Å². The van der Waals surface area contributed by atoms with Crippen LogP contribution >= 0.6 is 0 Å². The summed E-state index contributed by atoms with van der Waals surface area (Å²) in [5.41, 5.74) is 0. The molecule has 1 saturated heterocycles. The van der Waals surface area contributed by atoms with Crippen molar-refractivity contribution >= 4 is 0 Å². The van der Waals surface area contributed by atoms with Crippen LogP contribution in [0.5, 0.6) is 0 Å². The Labute approximate surface area is 74.0 Å². The Kier molecular flexibility index (Phi) is 3.50. The Morgan fingerprint density at radius 3 is 2.67 bits per heavy atom. The third-order valence-corrected chi connectivity index (χ3v) is 2.83. The first-order valence-corrected chi connectivity index (χ1v) is 4.77. The normalized spacial score (nSPS) is 34.0. The van der Waals surface area contributed by atoms with E-state index in [4.69, 9.17) is 5.11 Å². The Morgan fingerprint density at radius 2 is 2.17 bits per heavy atom. The van der Waals surface area contributed by atoms with E-state index < -0.39 is 6.23 Å². The number of aliphatic hydroxyl groups excluding tert-OH is 2. The minimum atomic E-state index is -0.660. The number of rotatable bonds is 3. The third-order valence-electron chi connectivity index (χ3n) is 2.83. The molecule has 0 aromatic carbocycles. The predicted octanol–water partition coefficient (Wildman–Crippen LogP) is 0.560. The van der Waals surface area contributed by atoms with Crippen LogP contribution in [0.2, 0.25) is 0 Å². The molecule has 12 heavy (non-hydrogen) atoms. The van der Waals surface area contributed by atoms with E-state index in [2.05, 4.69) is 13.8 Å². The zero-order valence-electron chi connectivity index (χ0n) is 7.90. The van der Waals surface area contributed by atoms with Crippen molar-refractivity contribution in [1.29, 1.82) is 0 Å². The van der Waals surface area contributed by atoms with Gasteiger partial charge in [0.2, 0.25) is 0 Å². The molecule has 3 unspecified atom stereocenters. The van der Waals surface area contributed by atoms with Crippen molar-refractivity contribution in [3.63, 3.8) is 0 Å². The maximum atomic E-state index is 9.51. The molecule has 0 spiro atoms. The zero-order valence-corrected chi connectivity index (χ0v) is 7.90. The molecule has 0 aromatic rings. The lowest BCUT2D eigenvalue weighted by molar-refractivity contribution is -0.0589. The molecule has 0 aromatic heterocycles. The van der Waals surface area contributed by atoms with Gasteiger partial charge < -0.3 is 10.2 Å². The minimum Gasteiger partial charge on any atom is -0.392 e. The molecule has 3 heteroatoms. The van der Waals surface area contributed by atoms with Gasteiger partial charge in [-0.15, -0.1) is 0 Å². The molecule has 3 nitrogen and oxygen atoms in total. The molecule has 0 radical (unpaired) electrons. The summed E-state index contributed by atoms with van der Waals surface area (Å²) < 4.78 is 0. The van der Waals surface area contributed by atoms with Crippen LogP contribution in [-0.4, -0.2) is 40.0 Å². The van der Waals surface area contributed by atoms with E-state index in [-0.39, 0.29) is 6.61 Å². The minimum absolute atomic E-state index is 0.152. The maximum absolute atomic E-state index is 9.51. The van der Waals surface area contributed by atoms with Crippen LogP contribution in [0.25, 0.3) is 0 Å². The lowest BCUT2D eigenvalue weighted by atomic mass is 10.1. The van der Waals surface area contributed by atoms with Gasteiger partial charge in [-0.2, -0.15) is 0 Å². The van der Waals surface area contributed by atoms with E-state index in [0.717, 1.165) is 19.3 Å². The van der Waals surface area contributed by atoms with Gasteiger partial charge in [-0.1, -0.05) is 6.92 Å². The molecule has 2 N–H and O–H groups in total. The molecular formula is C9H19NO2. The molecule has 0 amide bonds. The van der Waals surface area contributed by atoms with E-state index in [0.29, 0.717) is 12.1 Å². The van der Waals surface area contributed by atoms with Gasteiger partial charge in [0.1, 0.15) is 6.23 Å². The van der Waals surface area contributed by atoms with Crippen molar-refractivity contribution in [2.45, 2.75) is 51.4 Å². The summed E-state index contributed by atoms with van der Waals surface area (Å²) in [7, 11) is 0. The van der Waals surface area contributed by atoms with Crippen LogP contribution in [0.15, 0.2) is 0 Å². The second-order valence-electron chi connectivity index (χ2n) is 3.60. The topological polar surface area (TPSA) is 43.7 Å². The number of aliphatic hydroxyl groups is 2. The van der Waals surface area contributed by atoms with E-state index >= 15 is 0 Å². The molecule has 72 valence electrons. The molecule has 1 heterocycles. The van der Waals surface area contributed by atoms with E-state index in [1.54, 1.807) is 0 Å². The lowest BCUT2D eigenvalue weighted by Gasteiger charge is -2.31. The third kappa shape index (κ3) is 1.79. The van der Waals surface area contributed by atoms with Crippen LogP contribution in [0, 0.1) is 0 Å². The number of likely N-dealkylation sites (tertiary alicyclic amines) is 1. The summed E-state index contributed by atoms with van der Waals surface area (Å²) in [6.07, 6.45) is 2.68. The van der Waals surface area contributed by atoms with Crippen molar-refractivity contribution < 1.29 is 10.2 Å². The maximum Gasteiger partial charge on any atom is 0.131 e. The summed E-state index contributed by atoms with van der Waals surface area (Å²) in [6.45, 7) is 4.08. The molecule has 1 fully saturated rings. The second kappa shape index (κ2) is 4.21. The molecular weight excluding hydrogens is 154 g/mol. The van der Waals surface area contributed by atoms with Gasteiger partial charge in [0.15, 0.2) is 0 Å². The highest BCUT2D eigenvalue weighted by atomic mass is 16.3. The van der Waals surface area contributed by atoms with Gasteiger partial charge in [0.05, 0.1) is 6.61 Å². The Morgan fingerprint density at radius 1 is 1.50 bits per heavy atom. The van der Waals surface area contributed by atoms with Crippen LogP contribution in [0.1, 0.15) is 33.1 Å². The fourth-order valence-electron chi connectivity index (χ4n) is 2.14. The number of hydrogen-bond acceptors (Lipinski definition) is 3. The smallest absolute Gasteiger partial charge is 0.131 e. The monoisotopic (exact) mass is 173 g/mol. The quantitative estimate of drug-likeness (QED) is 0.655. The summed E-state index contributed by atoms with van der Waals surface area (Å²) in [6, 6.07) is 0.874. The highest BCUT2D eigenvalue weighted by Gasteiger charge is 2.33. The van der Waals surface area contributed by atoms with Crippen molar-refractivity contribution in [3.05, 3.63) is 0 Å². The molecule has 0 bridgehead atoms. The lowest BCUT2D eigenvalue weighted by Crippen LogP contribution is -2.44. The average molecular weight is 173 g/mol. The SMILES string of the molecule is CCC1CCC(C)N1C(O)CO. The number of nitrogens with zero attached hydrogens (tertiary/aromatic N) is 1. The van der Waals surface area contributed by atoms with E-state index in [9.17, 15) is 5.11 Å². The summed E-state index contributed by atoms with van der Waals surface area (Å²) >= 11 is 0. The summed E-state index contributed by atoms with van der Waals surface area (Å²) in [5, 5.41) is 18.3. The fourth-order valence-corrected chi connectivity index (χ4v) is 2.14.